The Morgan fingerprint density at radius 1 is 0.571 bits per heavy atom. The van der Waals surface area contributed by atoms with E-state index in [0.29, 0.717) is 26.4 Å². The van der Waals surface area contributed by atoms with E-state index in [9.17, 15) is 0 Å². The molecule has 0 saturated carbocycles. The van der Waals surface area contributed by atoms with Gasteiger partial charge in [0.15, 0.2) is 0 Å². The molecule has 4 aliphatic heterocycles. The van der Waals surface area contributed by atoms with Crippen LogP contribution in [0.15, 0.2) is 0 Å². The van der Waals surface area contributed by atoms with Crippen molar-refractivity contribution in [2.45, 2.75) is 48.8 Å². The molecule has 4 rings (SSSR count). The minimum absolute atomic E-state index is 0.00298. The van der Waals surface area contributed by atoms with Crippen molar-refractivity contribution in [1.29, 1.82) is 0 Å². The Morgan fingerprint density at radius 2 is 0.905 bits per heavy atom. The molecule has 4 heterocycles. The van der Waals surface area contributed by atoms with Gasteiger partial charge >= 0.3 is 0 Å². The molecular weight excluding hydrogens is 280 g/mol. The maximum atomic E-state index is 6.17. The lowest BCUT2D eigenvalue weighted by molar-refractivity contribution is -0.106. The monoisotopic (exact) mass is 302 g/mol. The van der Waals surface area contributed by atoms with Gasteiger partial charge in [-0.25, -0.2) is 0 Å². The molecule has 0 N–H and O–H groups in total. The Hall–Kier alpha value is -0.280. The minimum atomic E-state index is -0.0901. The van der Waals surface area contributed by atoms with E-state index in [1.54, 1.807) is 14.2 Å². The second-order valence-corrected chi connectivity index (χ2v) is 5.95. The Labute approximate surface area is 123 Å². The zero-order chi connectivity index (χ0) is 14.4. The molecule has 120 valence electrons. The van der Waals surface area contributed by atoms with Gasteiger partial charge in [-0.15, -0.1) is 0 Å². The number of hydrogen-bond acceptors (Lipinski definition) is 7. The Bertz CT molecular complexity index is 344. The van der Waals surface area contributed by atoms with Crippen LogP contribution in [0.4, 0.5) is 0 Å². The molecule has 4 saturated heterocycles. The van der Waals surface area contributed by atoms with Crippen LogP contribution < -0.4 is 0 Å². The molecule has 0 bridgehead atoms. The largest absolute Gasteiger partial charge is 0.376 e. The summed E-state index contributed by atoms with van der Waals surface area (Å²) in [6, 6.07) is 0. The van der Waals surface area contributed by atoms with Crippen molar-refractivity contribution < 1.29 is 33.2 Å². The molecule has 4 fully saturated rings. The summed E-state index contributed by atoms with van der Waals surface area (Å²) < 4.78 is 40.0. The molecule has 0 aromatic carbocycles. The van der Waals surface area contributed by atoms with Crippen LogP contribution in [0.3, 0.4) is 0 Å². The van der Waals surface area contributed by atoms with Gasteiger partial charge in [-0.3, -0.25) is 0 Å². The number of ether oxygens (including phenoxy) is 7. The predicted octanol–water partition coefficient (Wildman–Crippen LogP) is -0.635. The van der Waals surface area contributed by atoms with E-state index < -0.39 is 0 Å². The fourth-order valence-electron chi connectivity index (χ4n) is 3.72. The van der Waals surface area contributed by atoms with Crippen LogP contribution in [0, 0.1) is 0 Å². The van der Waals surface area contributed by atoms with E-state index in [4.69, 9.17) is 33.2 Å². The fourth-order valence-corrected chi connectivity index (χ4v) is 3.72. The molecule has 8 atom stereocenters. The summed E-state index contributed by atoms with van der Waals surface area (Å²) >= 11 is 0. The van der Waals surface area contributed by atoms with Gasteiger partial charge in [0.05, 0.1) is 26.4 Å². The molecule has 0 unspecified atom stereocenters. The lowest BCUT2D eigenvalue weighted by Crippen LogP contribution is -2.40. The van der Waals surface area contributed by atoms with Crippen LogP contribution in [0.2, 0.25) is 0 Å². The van der Waals surface area contributed by atoms with Crippen molar-refractivity contribution in [3.63, 3.8) is 0 Å². The second kappa shape index (κ2) is 5.73. The molecule has 0 aromatic heterocycles. The standard InChI is InChI=1S/C14H22O7/c1-15-7-3-17-13-9(5-19-11(7)13)21-10-6-20-12-8(16-2)4-18-14(10)12/h7-14H,3-6H2,1-2H3/t7-,8-,9+,10+,11+,12+,13+,14+/m0/s1. The smallest absolute Gasteiger partial charge is 0.115 e. The first-order valence-corrected chi connectivity index (χ1v) is 7.49. The van der Waals surface area contributed by atoms with Gasteiger partial charge < -0.3 is 33.2 Å². The summed E-state index contributed by atoms with van der Waals surface area (Å²) in [6.07, 6.45) is -0.375. The first-order valence-electron chi connectivity index (χ1n) is 7.49. The number of hydrogen-bond donors (Lipinski definition) is 0. The molecule has 7 heteroatoms. The fraction of sp³-hybridized carbons (Fsp3) is 1.00. The average Bonchev–Trinajstić information content (AvgIpc) is 3.22. The molecular formula is C14H22O7. The molecule has 4 aliphatic rings. The van der Waals surface area contributed by atoms with Crippen molar-refractivity contribution in [2.24, 2.45) is 0 Å². The quantitative estimate of drug-likeness (QED) is 0.685. The number of rotatable bonds is 4. The minimum Gasteiger partial charge on any atom is -0.376 e. The van der Waals surface area contributed by atoms with Gasteiger partial charge in [0.1, 0.15) is 48.8 Å². The highest BCUT2D eigenvalue weighted by Crippen LogP contribution is 2.35. The van der Waals surface area contributed by atoms with Crippen LogP contribution in [0.5, 0.6) is 0 Å². The highest BCUT2D eigenvalue weighted by molar-refractivity contribution is 4.99. The molecule has 0 aromatic rings. The lowest BCUT2D eigenvalue weighted by atomic mass is 10.1. The van der Waals surface area contributed by atoms with Crippen molar-refractivity contribution in [3.05, 3.63) is 0 Å². The Kier molecular flexibility index (Phi) is 3.91. The predicted molar refractivity (Wildman–Crippen MR) is 69.2 cm³/mol. The average molecular weight is 302 g/mol. The normalized spacial score (nSPS) is 52.3. The third-order valence-electron chi connectivity index (χ3n) is 4.88. The zero-order valence-electron chi connectivity index (χ0n) is 12.3. The highest BCUT2D eigenvalue weighted by atomic mass is 16.7. The van der Waals surface area contributed by atoms with Crippen LogP contribution in [0.25, 0.3) is 0 Å². The maximum Gasteiger partial charge on any atom is 0.115 e. The van der Waals surface area contributed by atoms with E-state index in [1.165, 1.54) is 0 Å². The SMILES string of the molecule is CO[C@H]1CO[C@H]2[C@@H]1OC[C@H]2O[C@@H]1CO[C@H]2[C@@H]1OC[C@@H]2OC. The van der Waals surface area contributed by atoms with Crippen molar-refractivity contribution in [3.8, 4) is 0 Å². The zero-order valence-corrected chi connectivity index (χ0v) is 12.3. The molecule has 0 radical (unpaired) electrons. The maximum absolute atomic E-state index is 6.17. The summed E-state index contributed by atoms with van der Waals surface area (Å²) in [5.74, 6) is 0. The van der Waals surface area contributed by atoms with Crippen molar-refractivity contribution in [1.82, 2.24) is 0 Å². The van der Waals surface area contributed by atoms with Gasteiger partial charge in [-0.2, -0.15) is 0 Å². The number of methoxy groups -OCH3 is 2. The lowest BCUT2D eigenvalue weighted by Gasteiger charge is -2.23. The van der Waals surface area contributed by atoms with E-state index in [-0.39, 0.29) is 48.8 Å². The Morgan fingerprint density at radius 3 is 1.29 bits per heavy atom. The van der Waals surface area contributed by atoms with Gasteiger partial charge in [-0.1, -0.05) is 0 Å². The van der Waals surface area contributed by atoms with Crippen LogP contribution in [0.1, 0.15) is 0 Å². The van der Waals surface area contributed by atoms with Gasteiger partial charge in [0, 0.05) is 14.2 Å². The third-order valence-corrected chi connectivity index (χ3v) is 4.88. The van der Waals surface area contributed by atoms with Gasteiger partial charge in [0.25, 0.3) is 0 Å². The first kappa shape index (κ1) is 14.3. The van der Waals surface area contributed by atoms with Crippen LogP contribution in [-0.2, 0) is 33.2 Å². The summed E-state index contributed by atoms with van der Waals surface area (Å²) in [5, 5.41) is 0. The van der Waals surface area contributed by atoms with E-state index in [1.807, 2.05) is 0 Å². The highest BCUT2D eigenvalue weighted by Gasteiger charge is 2.53. The molecule has 0 amide bonds. The molecule has 7 nitrogen and oxygen atoms in total. The Balaban J connectivity index is 1.37. The summed E-state index contributed by atoms with van der Waals surface area (Å²) in [7, 11) is 3.36. The molecule has 0 spiro atoms. The summed E-state index contributed by atoms with van der Waals surface area (Å²) in [4.78, 5) is 0. The summed E-state index contributed by atoms with van der Waals surface area (Å²) in [5.41, 5.74) is 0. The van der Waals surface area contributed by atoms with E-state index >= 15 is 0 Å². The third kappa shape index (κ3) is 2.31. The molecule has 21 heavy (non-hydrogen) atoms. The second-order valence-electron chi connectivity index (χ2n) is 5.95. The van der Waals surface area contributed by atoms with E-state index in [0.717, 1.165) is 0 Å². The van der Waals surface area contributed by atoms with Crippen LogP contribution >= 0.6 is 0 Å². The van der Waals surface area contributed by atoms with Crippen LogP contribution in [-0.4, -0.2) is 89.5 Å². The van der Waals surface area contributed by atoms with Gasteiger partial charge in [0.2, 0.25) is 0 Å². The topological polar surface area (TPSA) is 64.6 Å². The number of fused-ring (bicyclic) bond motifs is 2. The van der Waals surface area contributed by atoms with Gasteiger partial charge in [-0.05, 0) is 0 Å². The summed E-state index contributed by atoms with van der Waals surface area (Å²) in [6.45, 7) is 2.16. The van der Waals surface area contributed by atoms with Crippen molar-refractivity contribution in [2.75, 3.05) is 40.6 Å². The first-order chi connectivity index (χ1) is 10.3. The van der Waals surface area contributed by atoms with Crippen molar-refractivity contribution >= 4 is 0 Å². The van der Waals surface area contributed by atoms with E-state index in [2.05, 4.69) is 0 Å². The molecule has 0 aliphatic carbocycles.